The smallest absolute Gasteiger partial charge is 0.269 e. The van der Waals surface area contributed by atoms with E-state index >= 15 is 0 Å². The molecule has 3 aromatic carbocycles. The second-order valence-electron chi connectivity index (χ2n) is 9.26. The number of hydrogen-bond donors (Lipinski definition) is 1. The lowest BCUT2D eigenvalue weighted by Gasteiger charge is -2.33. The molecule has 0 aliphatic carbocycles. The van der Waals surface area contributed by atoms with Crippen molar-refractivity contribution < 1.29 is 14.4 Å². The van der Waals surface area contributed by atoms with Crippen LogP contribution in [0.4, 0.5) is 17.1 Å². The van der Waals surface area contributed by atoms with Crippen molar-refractivity contribution in [3.05, 3.63) is 88.5 Å². The van der Waals surface area contributed by atoms with E-state index in [1.54, 1.807) is 4.90 Å². The van der Waals surface area contributed by atoms with Crippen molar-refractivity contribution in [2.75, 3.05) is 27.4 Å². The maximum atomic E-state index is 14.1. The number of nitrogens with one attached hydrogen (secondary N) is 1. The van der Waals surface area contributed by atoms with Gasteiger partial charge in [-0.1, -0.05) is 30.3 Å². The van der Waals surface area contributed by atoms with E-state index < -0.39 is 4.87 Å². The second-order valence-corrected chi connectivity index (χ2v) is 10.4. The Morgan fingerprint density at radius 2 is 1.66 bits per heavy atom. The molecule has 0 bridgehead atoms. The number of hydrogen-bond acceptors (Lipinski definition) is 4. The summed E-state index contributed by atoms with van der Waals surface area (Å²) >= 11 is 1.32. The maximum Gasteiger partial charge on any atom is 0.269 e. The van der Waals surface area contributed by atoms with Gasteiger partial charge in [0.25, 0.3) is 5.91 Å². The molecule has 2 aliphatic rings. The third-order valence-corrected chi connectivity index (χ3v) is 8.01. The van der Waals surface area contributed by atoms with Gasteiger partial charge >= 0.3 is 0 Å². The number of fused-ring (bicyclic) bond motifs is 2. The molecule has 1 fully saturated rings. The van der Waals surface area contributed by atoms with Crippen LogP contribution in [0.15, 0.2) is 60.7 Å². The van der Waals surface area contributed by atoms with Gasteiger partial charge in [-0.15, -0.1) is 11.8 Å². The summed E-state index contributed by atoms with van der Waals surface area (Å²) in [5.74, 6) is -0.496. The zero-order chi connectivity index (χ0) is 24.9. The largest absolute Gasteiger partial charge is 0.325 e. The number of carbonyl (C=O) groups excluding carboxylic acids is 3. The lowest BCUT2D eigenvalue weighted by molar-refractivity contribution is -0.124. The van der Waals surface area contributed by atoms with Crippen LogP contribution in [0.1, 0.15) is 27.8 Å². The van der Waals surface area contributed by atoms with Crippen molar-refractivity contribution in [3.63, 3.8) is 0 Å². The fourth-order valence-corrected chi connectivity index (χ4v) is 6.33. The molecule has 2 aliphatic heterocycles. The van der Waals surface area contributed by atoms with Crippen LogP contribution in [0.2, 0.25) is 0 Å². The molecule has 1 unspecified atom stereocenters. The fourth-order valence-electron chi connectivity index (χ4n) is 4.97. The van der Waals surface area contributed by atoms with Crippen molar-refractivity contribution in [1.29, 1.82) is 0 Å². The fraction of sp³-hybridized carbons (Fsp3) is 0.250. The van der Waals surface area contributed by atoms with Crippen LogP contribution >= 0.6 is 11.8 Å². The monoisotopic (exact) mass is 485 g/mol. The van der Waals surface area contributed by atoms with Gasteiger partial charge in [0.1, 0.15) is 6.54 Å². The van der Waals surface area contributed by atoms with Crippen LogP contribution in [-0.4, -0.2) is 30.0 Å². The first-order valence-electron chi connectivity index (χ1n) is 11.5. The zero-order valence-electron chi connectivity index (χ0n) is 20.2. The Balaban J connectivity index is 1.52. The highest BCUT2D eigenvalue weighted by molar-refractivity contribution is 8.02. The zero-order valence-corrected chi connectivity index (χ0v) is 21.0. The Bertz CT molecular complexity index is 1370. The Morgan fingerprint density at radius 3 is 2.37 bits per heavy atom. The van der Waals surface area contributed by atoms with Crippen molar-refractivity contribution in [2.45, 2.75) is 32.6 Å². The first-order chi connectivity index (χ1) is 16.7. The summed E-state index contributed by atoms with van der Waals surface area (Å²) in [5.41, 5.74) is 7.04. The molecule has 2 heterocycles. The Morgan fingerprint density at radius 1 is 0.943 bits per heavy atom. The number of benzene rings is 3. The van der Waals surface area contributed by atoms with E-state index in [1.165, 1.54) is 16.7 Å². The molecule has 1 spiro atoms. The molecule has 0 aromatic heterocycles. The highest BCUT2D eigenvalue weighted by Gasteiger charge is 2.61. The van der Waals surface area contributed by atoms with Gasteiger partial charge in [0, 0.05) is 16.9 Å². The molecule has 1 N–H and O–H groups in total. The van der Waals surface area contributed by atoms with Crippen LogP contribution in [-0.2, 0) is 19.3 Å². The van der Waals surface area contributed by atoms with Gasteiger partial charge in [-0.3, -0.25) is 24.2 Å². The lowest BCUT2D eigenvalue weighted by atomic mass is 10.0. The summed E-state index contributed by atoms with van der Waals surface area (Å²) in [6.45, 7) is 7.82. The predicted molar refractivity (Wildman–Crippen MR) is 141 cm³/mol. The van der Waals surface area contributed by atoms with Crippen LogP contribution in [0.5, 0.6) is 0 Å². The van der Waals surface area contributed by atoms with Gasteiger partial charge in [-0.2, -0.15) is 0 Å². The highest BCUT2D eigenvalue weighted by atomic mass is 32.2. The Hall–Kier alpha value is -3.58. The van der Waals surface area contributed by atoms with Crippen LogP contribution in [0.25, 0.3) is 0 Å². The Kier molecular flexibility index (Phi) is 5.68. The quantitative estimate of drug-likeness (QED) is 0.574. The highest BCUT2D eigenvalue weighted by Crippen LogP contribution is 2.55. The molecule has 1 atom stereocenters. The molecular weight excluding hydrogens is 458 g/mol. The van der Waals surface area contributed by atoms with Crippen molar-refractivity contribution in [2.24, 2.45) is 0 Å². The van der Waals surface area contributed by atoms with E-state index in [-0.39, 0.29) is 30.0 Å². The van der Waals surface area contributed by atoms with Crippen LogP contribution < -0.4 is 15.1 Å². The number of rotatable bonds is 4. The van der Waals surface area contributed by atoms with E-state index in [0.717, 1.165) is 27.8 Å². The normalized spacial score (nSPS) is 19.0. The van der Waals surface area contributed by atoms with E-state index in [2.05, 4.69) is 5.32 Å². The van der Waals surface area contributed by atoms with E-state index in [0.29, 0.717) is 17.1 Å². The standard InChI is InChI=1S/C28H27N3O3S/c1-17-11-18(2)13-21(12-17)29-25(32)15-30-24-8-6-5-7-23(24)28(27(30)34)31(26(33)16-35-28)22-10-9-19(3)20(4)14-22/h5-14H,15-16H2,1-4H3,(H,29,32). The summed E-state index contributed by atoms with van der Waals surface area (Å²) in [6.07, 6.45) is 0. The van der Waals surface area contributed by atoms with Gasteiger partial charge in [-0.25, -0.2) is 0 Å². The van der Waals surface area contributed by atoms with Crippen molar-refractivity contribution in [3.8, 4) is 0 Å². The SMILES string of the molecule is Cc1cc(C)cc(NC(=O)CN2C(=O)C3(SCC(=O)N3c3ccc(C)c(C)c3)c3ccccc32)c1. The number of carbonyl (C=O) groups is 3. The van der Waals surface area contributed by atoms with Gasteiger partial charge in [0.2, 0.25) is 16.7 Å². The molecular formula is C28H27N3O3S. The minimum atomic E-state index is -1.23. The van der Waals surface area contributed by atoms with Gasteiger partial charge in [0.15, 0.2) is 0 Å². The third kappa shape index (κ3) is 3.80. The predicted octanol–water partition coefficient (Wildman–Crippen LogP) is 4.84. The molecule has 1 saturated heterocycles. The summed E-state index contributed by atoms with van der Waals surface area (Å²) in [5, 5.41) is 2.93. The molecule has 0 radical (unpaired) electrons. The summed E-state index contributed by atoms with van der Waals surface area (Å²) in [4.78, 5) is 42.2. The van der Waals surface area contributed by atoms with E-state index in [9.17, 15) is 14.4 Å². The van der Waals surface area contributed by atoms with Crippen LogP contribution in [0.3, 0.4) is 0 Å². The van der Waals surface area contributed by atoms with Gasteiger partial charge in [0.05, 0.1) is 11.4 Å². The summed E-state index contributed by atoms with van der Waals surface area (Å²) in [6, 6.07) is 19.1. The molecule has 178 valence electrons. The van der Waals surface area contributed by atoms with Gasteiger partial charge in [-0.05, 0) is 80.3 Å². The number of aryl methyl sites for hydroxylation is 4. The lowest BCUT2D eigenvalue weighted by Crippen LogP contribution is -2.50. The average Bonchev–Trinajstić information content (AvgIpc) is 3.26. The molecule has 3 amide bonds. The summed E-state index contributed by atoms with van der Waals surface area (Å²) in [7, 11) is 0. The van der Waals surface area contributed by atoms with Crippen molar-refractivity contribution in [1.82, 2.24) is 0 Å². The molecule has 6 nitrogen and oxygen atoms in total. The number of nitrogens with zero attached hydrogens (tertiary/aromatic N) is 2. The van der Waals surface area contributed by atoms with Gasteiger partial charge < -0.3 is 5.32 Å². The summed E-state index contributed by atoms with van der Waals surface area (Å²) < 4.78 is 0. The van der Waals surface area contributed by atoms with E-state index in [4.69, 9.17) is 0 Å². The number of anilines is 3. The molecule has 35 heavy (non-hydrogen) atoms. The Labute approximate surface area is 209 Å². The average molecular weight is 486 g/mol. The maximum absolute atomic E-state index is 14.1. The van der Waals surface area contributed by atoms with E-state index in [1.807, 2.05) is 88.4 Å². The second kappa shape index (κ2) is 8.57. The minimum Gasteiger partial charge on any atom is -0.325 e. The minimum absolute atomic E-state index is 0.122. The molecule has 0 saturated carbocycles. The molecule has 7 heteroatoms. The first-order valence-corrected chi connectivity index (χ1v) is 12.5. The van der Waals surface area contributed by atoms with Crippen LogP contribution in [0, 0.1) is 27.7 Å². The molecule has 5 rings (SSSR count). The first kappa shape index (κ1) is 23.2. The number of para-hydroxylation sites is 1. The number of amides is 3. The number of thioether (sulfide) groups is 1. The third-order valence-electron chi connectivity index (χ3n) is 6.62. The van der Waals surface area contributed by atoms with Crippen molar-refractivity contribution >= 4 is 46.5 Å². The molecule has 3 aromatic rings. The topological polar surface area (TPSA) is 69.7 Å².